The van der Waals surface area contributed by atoms with Crippen LogP contribution in [-0.4, -0.2) is 29.1 Å². The summed E-state index contributed by atoms with van der Waals surface area (Å²) in [5.74, 6) is 0.647. The number of amides is 1. The molecular formula is C18H22N2O3S. The first-order valence-electron chi connectivity index (χ1n) is 7.77. The summed E-state index contributed by atoms with van der Waals surface area (Å²) in [5.41, 5.74) is 1.84. The molecule has 24 heavy (non-hydrogen) atoms. The second kappa shape index (κ2) is 9.20. The van der Waals surface area contributed by atoms with E-state index in [1.54, 1.807) is 17.4 Å². The molecular weight excluding hydrogens is 324 g/mol. The largest absolute Gasteiger partial charge is 0.487 e. The van der Waals surface area contributed by atoms with Gasteiger partial charge in [-0.3, -0.25) is 4.79 Å². The molecule has 0 fully saturated rings. The molecule has 1 aromatic heterocycles. The quantitative estimate of drug-likeness (QED) is 0.721. The number of carbonyl (C=O) groups excluding carboxylic acids is 1. The molecule has 1 atom stereocenters. The number of aryl methyl sites for hydroxylation is 1. The summed E-state index contributed by atoms with van der Waals surface area (Å²) in [6, 6.07) is 7.51. The lowest BCUT2D eigenvalue weighted by atomic mass is 10.2. The van der Waals surface area contributed by atoms with Crippen molar-refractivity contribution in [3.63, 3.8) is 0 Å². The molecule has 2 aromatic rings. The van der Waals surface area contributed by atoms with Gasteiger partial charge < -0.3 is 15.2 Å². The maximum Gasteiger partial charge on any atom is 0.244 e. The van der Waals surface area contributed by atoms with Crippen molar-refractivity contribution >= 4 is 23.3 Å². The second-order valence-corrected chi connectivity index (χ2v) is 6.64. The van der Waals surface area contributed by atoms with E-state index >= 15 is 0 Å². The molecule has 0 radical (unpaired) electrons. The fourth-order valence-electron chi connectivity index (χ4n) is 1.88. The number of aromatic nitrogens is 1. The van der Waals surface area contributed by atoms with Crippen molar-refractivity contribution < 1.29 is 14.6 Å². The summed E-state index contributed by atoms with van der Waals surface area (Å²) in [5, 5.41) is 14.7. The summed E-state index contributed by atoms with van der Waals surface area (Å²) in [6.45, 7) is 4.81. The molecule has 0 aliphatic carbocycles. The molecule has 0 saturated heterocycles. The van der Waals surface area contributed by atoms with Gasteiger partial charge in [0.05, 0.1) is 10.7 Å². The highest BCUT2D eigenvalue weighted by Gasteiger charge is 2.02. The minimum absolute atomic E-state index is 0.0558. The number of benzene rings is 1. The van der Waals surface area contributed by atoms with Gasteiger partial charge in [0, 0.05) is 24.6 Å². The van der Waals surface area contributed by atoms with E-state index in [2.05, 4.69) is 10.3 Å². The van der Waals surface area contributed by atoms with Crippen molar-refractivity contribution in [1.82, 2.24) is 10.3 Å². The van der Waals surface area contributed by atoms with Crippen LogP contribution in [0.3, 0.4) is 0 Å². The number of nitrogens with zero attached hydrogens (tertiary/aromatic N) is 1. The molecule has 0 bridgehead atoms. The number of thiazole rings is 1. The summed E-state index contributed by atoms with van der Waals surface area (Å²) < 4.78 is 5.68. The number of rotatable bonds is 8. The highest BCUT2D eigenvalue weighted by atomic mass is 32.1. The second-order valence-electron chi connectivity index (χ2n) is 5.58. The Bertz CT molecular complexity index is 680. The highest BCUT2D eigenvalue weighted by molar-refractivity contribution is 7.09. The van der Waals surface area contributed by atoms with E-state index in [9.17, 15) is 4.79 Å². The van der Waals surface area contributed by atoms with Crippen LogP contribution in [0.2, 0.25) is 0 Å². The molecule has 0 aliphatic rings. The minimum Gasteiger partial charge on any atom is -0.487 e. The van der Waals surface area contributed by atoms with Gasteiger partial charge in [0.15, 0.2) is 0 Å². The normalized spacial score (nSPS) is 12.3. The third-order valence-electron chi connectivity index (χ3n) is 3.30. The molecule has 6 heteroatoms. The maximum absolute atomic E-state index is 11.7. The number of ether oxygens (including phenoxy) is 1. The number of hydrogen-bond acceptors (Lipinski definition) is 5. The lowest BCUT2D eigenvalue weighted by Gasteiger charge is -2.07. The Hall–Kier alpha value is -2.18. The summed E-state index contributed by atoms with van der Waals surface area (Å²) in [7, 11) is 0. The Labute approximate surface area is 146 Å². The standard InChI is InChI=1S/C18H22N2O3S/c1-13(10-21)9-19-18(22)8-5-15-3-6-17(7-4-15)23-11-16-12-24-14(2)20-16/h3-8,12-13,21H,9-11H2,1-2H3,(H,19,22)/b8-5+. The Kier molecular flexibility index (Phi) is 6.96. The fraction of sp³-hybridized carbons (Fsp3) is 0.333. The first-order valence-corrected chi connectivity index (χ1v) is 8.65. The Balaban J connectivity index is 1.80. The number of nitrogens with one attached hydrogen (secondary N) is 1. The number of hydrogen-bond donors (Lipinski definition) is 2. The van der Waals surface area contributed by atoms with Crippen LogP contribution in [0.25, 0.3) is 6.08 Å². The molecule has 1 heterocycles. The van der Waals surface area contributed by atoms with Gasteiger partial charge in [-0.1, -0.05) is 19.1 Å². The first-order chi connectivity index (χ1) is 11.6. The van der Waals surface area contributed by atoms with Crippen LogP contribution in [-0.2, 0) is 11.4 Å². The third kappa shape index (κ3) is 6.14. The van der Waals surface area contributed by atoms with Crippen molar-refractivity contribution in [1.29, 1.82) is 0 Å². The highest BCUT2D eigenvalue weighted by Crippen LogP contribution is 2.16. The van der Waals surface area contributed by atoms with E-state index in [0.29, 0.717) is 13.2 Å². The maximum atomic E-state index is 11.7. The summed E-state index contributed by atoms with van der Waals surface area (Å²) in [6.07, 6.45) is 3.23. The predicted octanol–water partition coefficient (Wildman–Crippen LogP) is 2.79. The van der Waals surface area contributed by atoms with Gasteiger partial charge in [-0.2, -0.15) is 0 Å². The van der Waals surface area contributed by atoms with Crippen LogP contribution >= 0.6 is 11.3 Å². The molecule has 1 unspecified atom stereocenters. The van der Waals surface area contributed by atoms with Gasteiger partial charge in [0.2, 0.25) is 5.91 Å². The first kappa shape index (κ1) is 18.2. The molecule has 5 nitrogen and oxygen atoms in total. The van der Waals surface area contributed by atoms with Crippen molar-refractivity contribution in [3.8, 4) is 5.75 Å². The zero-order chi connectivity index (χ0) is 17.4. The van der Waals surface area contributed by atoms with Crippen molar-refractivity contribution in [2.75, 3.05) is 13.2 Å². The van der Waals surface area contributed by atoms with E-state index in [1.165, 1.54) is 6.08 Å². The van der Waals surface area contributed by atoms with Gasteiger partial charge in [0.1, 0.15) is 12.4 Å². The van der Waals surface area contributed by atoms with Crippen molar-refractivity contribution in [3.05, 3.63) is 52.0 Å². The smallest absolute Gasteiger partial charge is 0.244 e. The number of aliphatic hydroxyl groups is 1. The van der Waals surface area contributed by atoms with Gasteiger partial charge in [-0.05, 0) is 36.6 Å². The Morgan fingerprint density at radius 2 is 2.17 bits per heavy atom. The zero-order valence-electron chi connectivity index (χ0n) is 13.9. The average molecular weight is 346 g/mol. The molecule has 2 N–H and O–H groups in total. The SMILES string of the molecule is Cc1nc(COc2ccc(/C=C/C(=O)NCC(C)CO)cc2)cs1. The molecule has 0 aliphatic heterocycles. The fourth-order valence-corrected chi connectivity index (χ4v) is 2.47. The van der Waals surface area contributed by atoms with E-state index in [-0.39, 0.29) is 18.4 Å². The molecule has 1 aromatic carbocycles. The van der Waals surface area contributed by atoms with Crippen LogP contribution in [0, 0.1) is 12.8 Å². The average Bonchev–Trinajstić information content (AvgIpc) is 3.02. The lowest BCUT2D eigenvalue weighted by Crippen LogP contribution is -2.27. The number of carbonyl (C=O) groups is 1. The van der Waals surface area contributed by atoms with Gasteiger partial charge >= 0.3 is 0 Å². The van der Waals surface area contributed by atoms with Crippen LogP contribution in [0.5, 0.6) is 5.75 Å². The molecule has 0 spiro atoms. The van der Waals surface area contributed by atoms with Crippen LogP contribution in [0.15, 0.2) is 35.7 Å². The van der Waals surface area contributed by atoms with Crippen LogP contribution in [0.4, 0.5) is 0 Å². The zero-order valence-corrected chi connectivity index (χ0v) is 14.7. The summed E-state index contributed by atoms with van der Waals surface area (Å²) in [4.78, 5) is 16.0. The Morgan fingerprint density at radius 1 is 1.42 bits per heavy atom. The van der Waals surface area contributed by atoms with E-state index in [0.717, 1.165) is 22.0 Å². The van der Waals surface area contributed by atoms with E-state index < -0.39 is 0 Å². The Morgan fingerprint density at radius 3 is 2.79 bits per heavy atom. The third-order valence-corrected chi connectivity index (χ3v) is 4.12. The predicted molar refractivity (Wildman–Crippen MR) is 95.9 cm³/mol. The van der Waals surface area contributed by atoms with Gasteiger partial charge in [0.25, 0.3) is 0 Å². The summed E-state index contributed by atoms with van der Waals surface area (Å²) >= 11 is 1.61. The van der Waals surface area contributed by atoms with Crippen LogP contribution < -0.4 is 10.1 Å². The monoisotopic (exact) mass is 346 g/mol. The topological polar surface area (TPSA) is 71.5 Å². The molecule has 0 saturated carbocycles. The van der Waals surface area contributed by atoms with E-state index in [4.69, 9.17) is 9.84 Å². The molecule has 2 rings (SSSR count). The molecule has 128 valence electrons. The molecule has 1 amide bonds. The lowest BCUT2D eigenvalue weighted by molar-refractivity contribution is -0.116. The minimum atomic E-state index is -0.172. The van der Waals surface area contributed by atoms with Gasteiger partial charge in [-0.25, -0.2) is 4.98 Å². The van der Waals surface area contributed by atoms with Crippen molar-refractivity contribution in [2.24, 2.45) is 5.92 Å². The van der Waals surface area contributed by atoms with E-state index in [1.807, 2.05) is 43.5 Å². The van der Waals surface area contributed by atoms with Crippen molar-refractivity contribution in [2.45, 2.75) is 20.5 Å². The van der Waals surface area contributed by atoms with Gasteiger partial charge in [-0.15, -0.1) is 11.3 Å². The number of aliphatic hydroxyl groups excluding tert-OH is 1. The van der Waals surface area contributed by atoms with Crippen LogP contribution in [0.1, 0.15) is 23.2 Å².